The van der Waals surface area contributed by atoms with Crippen molar-refractivity contribution >= 4 is 28.9 Å². The van der Waals surface area contributed by atoms with Gasteiger partial charge in [0, 0.05) is 6.07 Å². The van der Waals surface area contributed by atoms with Gasteiger partial charge in [0.1, 0.15) is 5.56 Å². The van der Waals surface area contributed by atoms with Crippen molar-refractivity contribution in [2.24, 2.45) is 0 Å². The first-order valence-corrected chi connectivity index (χ1v) is 4.17. The minimum absolute atomic E-state index is 0.0380. The lowest BCUT2D eigenvalue weighted by atomic mass is 10.1. The number of esters is 1. The van der Waals surface area contributed by atoms with Crippen molar-refractivity contribution in [3.05, 3.63) is 32.8 Å². The number of hydrogen-bond donors (Lipinski definition) is 1. The van der Waals surface area contributed by atoms with E-state index in [-0.39, 0.29) is 16.3 Å². The first-order chi connectivity index (χ1) is 6.97. The number of carbonyl (C=O) groups excluding carboxylic acids is 1. The summed E-state index contributed by atoms with van der Waals surface area (Å²) in [7, 11) is 1.12. The summed E-state index contributed by atoms with van der Waals surface area (Å²) in [5.74, 6) is -0.830. The average molecular weight is 231 g/mol. The number of nitrogen functional groups attached to an aromatic ring is 1. The van der Waals surface area contributed by atoms with Gasteiger partial charge < -0.3 is 10.5 Å². The van der Waals surface area contributed by atoms with Gasteiger partial charge in [0.25, 0.3) is 5.69 Å². The molecule has 0 radical (unpaired) electrons. The molecule has 2 N–H and O–H groups in total. The second-order valence-electron chi connectivity index (χ2n) is 2.64. The highest BCUT2D eigenvalue weighted by molar-refractivity contribution is 6.33. The molecule has 0 aliphatic rings. The number of ether oxygens (including phenoxy) is 1. The van der Waals surface area contributed by atoms with Crippen LogP contribution in [-0.2, 0) is 4.74 Å². The van der Waals surface area contributed by atoms with Crippen molar-refractivity contribution in [3.8, 4) is 0 Å². The van der Waals surface area contributed by atoms with Gasteiger partial charge in [0.15, 0.2) is 0 Å². The number of nitrogens with zero attached hydrogens (tertiary/aromatic N) is 1. The molecule has 0 fully saturated rings. The maximum Gasteiger partial charge on any atom is 0.344 e. The molecule has 0 aromatic heterocycles. The SMILES string of the molecule is COC(=O)c1cc(Cl)c(N)cc1[N+](=O)[O-]. The number of nitrogens with two attached hydrogens (primary N) is 1. The van der Waals surface area contributed by atoms with Crippen LogP contribution in [0.15, 0.2) is 12.1 Å². The number of anilines is 1. The summed E-state index contributed by atoms with van der Waals surface area (Å²) in [6.07, 6.45) is 0. The number of rotatable bonds is 2. The van der Waals surface area contributed by atoms with Crippen LogP contribution in [0.3, 0.4) is 0 Å². The molecule has 1 rings (SSSR count). The minimum atomic E-state index is -0.830. The number of benzene rings is 1. The quantitative estimate of drug-likeness (QED) is 0.360. The summed E-state index contributed by atoms with van der Waals surface area (Å²) >= 11 is 5.64. The summed E-state index contributed by atoms with van der Waals surface area (Å²) in [4.78, 5) is 21.1. The van der Waals surface area contributed by atoms with Gasteiger partial charge in [-0.2, -0.15) is 0 Å². The van der Waals surface area contributed by atoms with E-state index in [1.165, 1.54) is 0 Å². The van der Waals surface area contributed by atoms with Crippen molar-refractivity contribution < 1.29 is 14.5 Å². The fraction of sp³-hybridized carbons (Fsp3) is 0.125. The smallest absolute Gasteiger partial charge is 0.344 e. The van der Waals surface area contributed by atoms with Crippen molar-refractivity contribution in [2.75, 3.05) is 12.8 Å². The molecule has 0 aliphatic heterocycles. The van der Waals surface area contributed by atoms with Crippen molar-refractivity contribution in [2.45, 2.75) is 0 Å². The third kappa shape index (κ3) is 2.16. The Hall–Kier alpha value is -1.82. The van der Waals surface area contributed by atoms with E-state index in [2.05, 4.69) is 4.74 Å². The Bertz CT molecular complexity index is 433. The van der Waals surface area contributed by atoms with Gasteiger partial charge in [-0.15, -0.1) is 0 Å². The molecule has 1 aromatic carbocycles. The van der Waals surface area contributed by atoms with Crippen LogP contribution in [0.2, 0.25) is 5.02 Å². The van der Waals surface area contributed by atoms with Gasteiger partial charge in [-0.1, -0.05) is 11.6 Å². The molecule has 7 heteroatoms. The molecule has 0 amide bonds. The third-order valence-electron chi connectivity index (χ3n) is 1.72. The van der Waals surface area contributed by atoms with Crippen molar-refractivity contribution in [1.82, 2.24) is 0 Å². The van der Waals surface area contributed by atoms with Crippen LogP contribution in [0.25, 0.3) is 0 Å². The zero-order valence-corrected chi connectivity index (χ0v) is 8.45. The Morgan fingerprint density at radius 2 is 2.20 bits per heavy atom. The summed E-state index contributed by atoms with van der Waals surface area (Å²) in [5, 5.41) is 10.7. The molecular formula is C8H7ClN2O4. The fourth-order valence-corrected chi connectivity index (χ4v) is 1.17. The van der Waals surface area contributed by atoms with Gasteiger partial charge in [0.05, 0.1) is 22.7 Å². The highest BCUT2D eigenvalue weighted by Crippen LogP contribution is 2.29. The Morgan fingerprint density at radius 1 is 1.60 bits per heavy atom. The minimum Gasteiger partial charge on any atom is -0.465 e. The van der Waals surface area contributed by atoms with Crippen LogP contribution in [-0.4, -0.2) is 18.0 Å². The van der Waals surface area contributed by atoms with Gasteiger partial charge in [-0.3, -0.25) is 10.1 Å². The number of nitro benzene ring substituents is 1. The molecule has 0 aliphatic carbocycles. The molecule has 6 nitrogen and oxygen atoms in total. The van der Waals surface area contributed by atoms with Crippen LogP contribution in [0, 0.1) is 10.1 Å². The number of methoxy groups -OCH3 is 1. The van der Waals surface area contributed by atoms with Gasteiger partial charge >= 0.3 is 5.97 Å². The van der Waals surface area contributed by atoms with E-state index in [1.54, 1.807) is 0 Å². The lowest BCUT2D eigenvalue weighted by Crippen LogP contribution is -2.06. The van der Waals surface area contributed by atoms with Crippen LogP contribution in [0.1, 0.15) is 10.4 Å². The van der Waals surface area contributed by atoms with E-state index in [9.17, 15) is 14.9 Å². The van der Waals surface area contributed by atoms with Crippen molar-refractivity contribution in [3.63, 3.8) is 0 Å². The molecule has 0 bridgehead atoms. The number of carbonyl (C=O) groups is 1. The average Bonchev–Trinajstić information content (AvgIpc) is 2.20. The monoisotopic (exact) mass is 230 g/mol. The fourth-order valence-electron chi connectivity index (χ4n) is 1.00. The van der Waals surface area contributed by atoms with E-state index in [0.29, 0.717) is 0 Å². The molecule has 15 heavy (non-hydrogen) atoms. The number of halogens is 1. The molecule has 0 heterocycles. The molecule has 0 saturated heterocycles. The lowest BCUT2D eigenvalue weighted by molar-refractivity contribution is -0.385. The second kappa shape index (κ2) is 4.14. The van der Waals surface area contributed by atoms with E-state index in [4.69, 9.17) is 17.3 Å². The summed E-state index contributed by atoms with van der Waals surface area (Å²) < 4.78 is 4.38. The largest absolute Gasteiger partial charge is 0.465 e. The molecule has 0 atom stereocenters. The Labute approximate surface area is 89.7 Å². The van der Waals surface area contributed by atoms with Crippen molar-refractivity contribution in [1.29, 1.82) is 0 Å². The van der Waals surface area contributed by atoms with E-state index in [1.807, 2.05) is 0 Å². The zero-order chi connectivity index (χ0) is 11.6. The maximum atomic E-state index is 11.2. The van der Waals surface area contributed by atoms with Crippen LogP contribution in [0.5, 0.6) is 0 Å². The topological polar surface area (TPSA) is 95.5 Å². The molecule has 0 unspecified atom stereocenters. The maximum absolute atomic E-state index is 11.2. The predicted molar refractivity (Wildman–Crippen MR) is 53.9 cm³/mol. The number of hydrogen-bond acceptors (Lipinski definition) is 5. The Kier molecular flexibility index (Phi) is 3.11. The summed E-state index contributed by atoms with van der Waals surface area (Å²) in [6, 6.07) is 2.13. The first-order valence-electron chi connectivity index (χ1n) is 3.79. The van der Waals surface area contributed by atoms with Gasteiger partial charge in [-0.25, -0.2) is 4.79 Å². The highest BCUT2D eigenvalue weighted by Gasteiger charge is 2.22. The summed E-state index contributed by atoms with van der Waals surface area (Å²) in [5.41, 5.74) is 4.77. The molecule has 1 aromatic rings. The second-order valence-corrected chi connectivity index (χ2v) is 3.05. The normalized spacial score (nSPS) is 9.73. The Balaban J connectivity index is 3.41. The first kappa shape index (κ1) is 11.3. The lowest BCUT2D eigenvalue weighted by Gasteiger charge is -2.03. The summed E-state index contributed by atoms with van der Waals surface area (Å²) in [6.45, 7) is 0. The van der Waals surface area contributed by atoms with Crippen LogP contribution >= 0.6 is 11.6 Å². The number of nitro groups is 1. The molecule has 0 saturated carbocycles. The standard InChI is InChI=1S/C8H7ClN2O4/c1-15-8(12)4-2-5(9)6(10)3-7(4)11(13)14/h2-3H,10H2,1H3. The van der Waals surface area contributed by atoms with E-state index < -0.39 is 16.6 Å². The highest BCUT2D eigenvalue weighted by atomic mass is 35.5. The van der Waals surface area contributed by atoms with Crippen LogP contribution < -0.4 is 5.73 Å². The predicted octanol–water partition coefficient (Wildman–Crippen LogP) is 1.62. The van der Waals surface area contributed by atoms with E-state index >= 15 is 0 Å². The molecule has 0 spiro atoms. The molecule has 80 valence electrons. The van der Waals surface area contributed by atoms with Gasteiger partial charge in [-0.05, 0) is 6.07 Å². The third-order valence-corrected chi connectivity index (χ3v) is 2.04. The zero-order valence-electron chi connectivity index (χ0n) is 7.69. The Morgan fingerprint density at radius 3 is 2.67 bits per heavy atom. The van der Waals surface area contributed by atoms with Crippen LogP contribution in [0.4, 0.5) is 11.4 Å². The van der Waals surface area contributed by atoms with Gasteiger partial charge in [0.2, 0.25) is 0 Å². The molecular weight excluding hydrogens is 224 g/mol. The van der Waals surface area contributed by atoms with E-state index in [0.717, 1.165) is 19.2 Å².